The summed E-state index contributed by atoms with van der Waals surface area (Å²) in [6.45, 7) is 9.56. The van der Waals surface area contributed by atoms with Crippen LogP contribution in [0.4, 0.5) is 0 Å². The summed E-state index contributed by atoms with van der Waals surface area (Å²) in [7, 11) is 0. The summed E-state index contributed by atoms with van der Waals surface area (Å²) in [5.74, 6) is -1.77. The van der Waals surface area contributed by atoms with Crippen LogP contribution in [0.5, 0.6) is 0 Å². The summed E-state index contributed by atoms with van der Waals surface area (Å²) in [4.78, 5) is 23.0. The van der Waals surface area contributed by atoms with Gasteiger partial charge in [0.25, 0.3) is 0 Å². The van der Waals surface area contributed by atoms with E-state index in [1.807, 2.05) is 6.92 Å². The van der Waals surface area contributed by atoms with E-state index in [0.717, 1.165) is 11.1 Å². The molecule has 5 heteroatoms. The lowest BCUT2D eigenvalue weighted by Gasteiger charge is -2.53. The van der Waals surface area contributed by atoms with Crippen molar-refractivity contribution >= 4 is 11.8 Å². The third-order valence-electron chi connectivity index (χ3n) is 5.70. The van der Waals surface area contributed by atoms with E-state index in [1.165, 1.54) is 6.08 Å². The molecule has 5 nitrogen and oxygen atoms in total. The molecule has 0 aliphatic heterocycles. The van der Waals surface area contributed by atoms with Crippen LogP contribution in [0.3, 0.4) is 0 Å². The van der Waals surface area contributed by atoms with Crippen LogP contribution >= 0.6 is 0 Å². The highest BCUT2D eigenvalue weighted by Crippen LogP contribution is 2.56. The Hall–Kier alpha value is -1.88. The predicted octanol–water partition coefficient (Wildman–Crippen LogP) is 3.16. The fraction of sp³-hybridized carbons (Fsp3) is 0.579. The van der Waals surface area contributed by atoms with E-state index in [0.29, 0.717) is 24.8 Å². The van der Waals surface area contributed by atoms with Crippen LogP contribution in [0.25, 0.3) is 0 Å². The molecule has 132 valence electrons. The van der Waals surface area contributed by atoms with Crippen molar-refractivity contribution in [2.24, 2.45) is 17.3 Å². The Morgan fingerprint density at radius 1 is 1.46 bits per heavy atom. The maximum absolute atomic E-state index is 12.2. The van der Waals surface area contributed by atoms with Gasteiger partial charge in [-0.15, -0.1) is 0 Å². The average molecular weight is 334 g/mol. The molecule has 0 radical (unpaired) electrons. The second kappa shape index (κ2) is 6.55. The number of Topliss-reactive ketones (excluding diaryl/α,β-unsaturated/α-hetero) is 1. The van der Waals surface area contributed by atoms with Crippen molar-refractivity contribution in [1.82, 2.24) is 0 Å². The van der Waals surface area contributed by atoms with Gasteiger partial charge < -0.3 is 15.3 Å². The van der Waals surface area contributed by atoms with Gasteiger partial charge in [-0.2, -0.15) is 0 Å². The third kappa shape index (κ3) is 3.18. The Labute approximate surface area is 142 Å². The Morgan fingerprint density at radius 3 is 2.67 bits per heavy atom. The SMILES string of the molecule is C=C1C[C@@H](O)[C@H]2C(C)=C(O)C(=O)C[C@]2(C)[C@H]1CC/C(C)=C/C(=O)O. The van der Waals surface area contributed by atoms with Gasteiger partial charge in [0.05, 0.1) is 6.10 Å². The molecule has 0 aromatic heterocycles. The van der Waals surface area contributed by atoms with Gasteiger partial charge in [0, 0.05) is 18.4 Å². The van der Waals surface area contributed by atoms with Crippen LogP contribution in [0, 0.1) is 17.3 Å². The van der Waals surface area contributed by atoms with Crippen molar-refractivity contribution in [1.29, 1.82) is 0 Å². The van der Waals surface area contributed by atoms with Crippen molar-refractivity contribution in [3.8, 4) is 0 Å². The Balaban J connectivity index is 2.33. The molecule has 0 amide bonds. The summed E-state index contributed by atoms with van der Waals surface area (Å²) in [5, 5.41) is 29.4. The highest BCUT2D eigenvalue weighted by molar-refractivity contribution is 5.95. The number of hydrogen-bond donors (Lipinski definition) is 3. The van der Waals surface area contributed by atoms with Gasteiger partial charge in [-0.1, -0.05) is 24.6 Å². The van der Waals surface area contributed by atoms with Gasteiger partial charge in [0.2, 0.25) is 0 Å². The second-order valence-corrected chi connectivity index (χ2v) is 7.46. The van der Waals surface area contributed by atoms with Crippen molar-refractivity contribution in [3.63, 3.8) is 0 Å². The standard InChI is InChI=1S/C19H26O5/c1-10(7-16(22)23)5-6-13-11(2)8-14(20)17-12(3)18(24)15(21)9-19(13,17)4/h7,13-14,17,20,24H,2,5-6,8-9H2,1,3-4H3,(H,22,23)/b10-7+/t13-,14+,17+,19+/m0/s1. The van der Waals surface area contributed by atoms with Crippen LogP contribution in [0.1, 0.15) is 46.5 Å². The maximum Gasteiger partial charge on any atom is 0.328 e. The molecule has 3 N–H and O–H groups in total. The van der Waals surface area contributed by atoms with E-state index in [-0.39, 0.29) is 29.8 Å². The summed E-state index contributed by atoms with van der Waals surface area (Å²) >= 11 is 0. The van der Waals surface area contributed by atoms with Gasteiger partial charge >= 0.3 is 5.97 Å². The number of aliphatic hydroxyl groups is 2. The first-order valence-electron chi connectivity index (χ1n) is 8.26. The first kappa shape index (κ1) is 18.5. The van der Waals surface area contributed by atoms with Gasteiger partial charge in [0.1, 0.15) is 0 Å². The van der Waals surface area contributed by atoms with Crippen molar-refractivity contribution in [2.75, 3.05) is 0 Å². The highest BCUT2D eigenvalue weighted by atomic mass is 16.4. The molecule has 0 aromatic rings. The number of carbonyl (C=O) groups excluding carboxylic acids is 1. The van der Waals surface area contributed by atoms with Crippen molar-refractivity contribution < 1.29 is 24.9 Å². The maximum atomic E-state index is 12.2. The number of hydrogen-bond acceptors (Lipinski definition) is 4. The van der Waals surface area contributed by atoms with Crippen LogP contribution in [-0.4, -0.2) is 33.2 Å². The summed E-state index contributed by atoms with van der Waals surface area (Å²) in [6.07, 6.45) is 2.41. The van der Waals surface area contributed by atoms with Crippen LogP contribution in [0.2, 0.25) is 0 Å². The summed E-state index contributed by atoms with van der Waals surface area (Å²) in [6, 6.07) is 0. The molecule has 1 saturated carbocycles. The lowest BCUT2D eigenvalue weighted by atomic mass is 9.52. The van der Waals surface area contributed by atoms with Crippen LogP contribution in [0.15, 0.2) is 35.1 Å². The Kier molecular flexibility index (Phi) is 5.04. The molecule has 0 bridgehead atoms. The molecule has 24 heavy (non-hydrogen) atoms. The van der Waals surface area contributed by atoms with E-state index in [4.69, 9.17) is 5.11 Å². The minimum atomic E-state index is -0.967. The fourth-order valence-electron chi connectivity index (χ4n) is 4.65. The van der Waals surface area contributed by atoms with Crippen molar-refractivity contribution in [2.45, 2.75) is 52.6 Å². The Morgan fingerprint density at radius 2 is 2.08 bits per heavy atom. The number of rotatable bonds is 4. The smallest absolute Gasteiger partial charge is 0.328 e. The molecule has 2 rings (SSSR count). The van der Waals surface area contributed by atoms with E-state index in [9.17, 15) is 19.8 Å². The molecule has 0 spiro atoms. The van der Waals surface area contributed by atoms with Crippen LogP contribution < -0.4 is 0 Å². The van der Waals surface area contributed by atoms with Gasteiger partial charge in [-0.25, -0.2) is 4.79 Å². The topological polar surface area (TPSA) is 94.8 Å². The molecule has 0 heterocycles. The van der Waals surface area contributed by atoms with E-state index in [2.05, 4.69) is 6.58 Å². The third-order valence-corrected chi connectivity index (χ3v) is 5.70. The molecule has 0 unspecified atom stereocenters. The minimum Gasteiger partial charge on any atom is -0.504 e. The number of aliphatic carboxylic acids is 1. The van der Waals surface area contributed by atoms with Gasteiger partial charge in [-0.05, 0) is 50.0 Å². The molecule has 1 fully saturated rings. The van der Waals surface area contributed by atoms with Gasteiger partial charge in [0.15, 0.2) is 11.5 Å². The number of carboxylic acids is 1. The molecule has 0 saturated heterocycles. The van der Waals surface area contributed by atoms with Gasteiger partial charge in [-0.3, -0.25) is 4.79 Å². The molecule has 2 aliphatic carbocycles. The lowest BCUT2D eigenvalue weighted by molar-refractivity contribution is -0.131. The molecule has 4 atom stereocenters. The van der Waals surface area contributed by atoms with E-state index in [1.54, 1.807) is 13.8 Å². The first-order chi connectivity index (χ1) is 11.1. The first-order valence-corrected chi connectivity index (χ1v) is 8.26. The fourth-order valence-corrected chi connectivity index (χ4v) is 4.65. The van der Waals surface area contributed by atoms with E-state index < -0.39 is 17.5 Å². The predicted molar refractivity (Wildman–Crippen MR) is 90.4 cm³/mol. The highest BCUT2D eigenvalue weighted by Gasteiger charge is 2.54. The molecule has 2 aliphatic rings. The monoisotopic (exact) mass is 334 g/mol. The quantitative estimate of drug-likeness (QED) is 0.542. The Bertz CT molecular complexity index is 642. The number of aliphatic hydroxyl groups excluding tert-OH is 2. The zero-order valence-electron chi connectivity index (χ0n) is 14.5. The van der Waals surface area contributed by atoms with Crippen molar-refractivity contribution in [3.05, 3.63) is 35.1 Å². The lowest BCUT2D eigenvalue weighted by Crippen LogP contribution is -2.51. The molecule has 0 aromatic carbocycles. The largest absolute Gasteiger partial charge is 0.504 e. The number of carboxylic acid groups (broad SMARTS) is 1. The summed E-state index contributed by atoms with van der Waals surface area (Å²) in [5.41, 5.74) is 1.70. The second-order valence-electron chi connectivity index (χ2n) is 7.46. The number of allylic oxidation sites excluding steroid dienone is 2. The molecular formula is C19H26O5. The van der Waals surface area contributed by atoms with Crippen LogP contribution in [-0.2, 0) is 9.59 Å². The average Bonchev–Trinajstić information content (AvgIpc) is 2.43. The summed E-state index contributed by atoms with van der Waals surface area (Å²) < 4.78 is 0. The normalized spacial score (nSPS) is 34.3. The minimum absolute atomic E-state index is 0.00459. The zero-order chi connectivity index (χ0) is 18.2. The number of carbonyl (C=O) groups is 2. The number of ketones is 1. The molecular weight excluding hydrogens is 308 g/mol. The van der Waals surface area contributed by atoms with E-state index >= 15 is 0 Å². The number of fused-ring (bicyclic) bond motifs is 1. The zero-order valence-corrected chi connectivity index (χ0v) is 14.5.